The van der Waals surface area contributed by atoms with E-state index in [4.69, 9.17) is 9.47 Å². The van der Waals surface area contributed by atoms with E-state index in [1.807, 2.05) is 18.2 Å². The molecule has 0 heterocycles. The molecule has 1 fully saturated rings. The summed E-state index contributed by atoms with van der Waals surface area (Å²) in [4.78, 5) is 12.3. The fourth-order valence-corrected chi connectivity index (χ4v) is 3.08. The standard InChI is InChI=1S/C20H23NO3/c1-23-17-12-10-16(11-13-17)20(22)24-19-9-5-8-18(19)21-14-15-6-3-2-4-7-15/h2-4,6-7,10-13,18-19,21H,5,8-9,14H2,1H3/t18-,19-/m0/s1. The van der Waals surface area contributed by atoms with Gasteiger partial charge in [0, 0.05) is 12.6 Å². The molecule has 1 aliphatic rings. The second kappa shape index (κ2) is 7.97. The van der Waals surface area contributed by atoms with Gasteiger partial charge >= 0.3 is 5.97 Å². The van der Waals surface area contributed by atoms with Gasteiger partial charge in [0.15, 0.2) is 0 Å². The SMILES string of the molecule is COc1ccc(C(=O)O[C@H]2CCC[C@@H]2NCc2ccccc2)cc1. The van der Waals surface area contributed by atoms with Gasteiger partial charge in [0.1, 0.15) is 11.9 Å². The van der Waals surface area contributed by atoms with Crippen molar-refractivity contribution in [1.29, 1.82) is 0 Å². The van der Waals surface area contributed by atoms with E-state index in [9.17, 15) is 4.79 Å². The maximum atomic E-state index is 12.3. The second-order valence-corrected chi connectivity index (χ2v) is 6.08. The molecule has 0 spiro atoms. The van der Waals surface area contributed by atoms with E-state index in [1.54, 1.807) is 31.4 Å². The lowest BCUT2D eigenvalue weighted by molar-refractivity contribution is 0.0254. The molecule has 2 aromatic rings. The largest absolute Gasteiger partial charge is 0.497 e. The van der Waals surface area contributed by atoms with Crippen molar-refractivity contribution in [3.05, 3.63) is 65.7 Å². The highest BCUT2D eigenvalue weighted by Crippen LogP contribution is 2.24. The third-order valence-corrected chi connectivity index (χ3v) is 4.45. The number of ether oxygens (including phenoxy) is 2. The molecule has 4 nitrogen and oxygen atoms in total. The van der Waals surface area contributed by atoms with Crippen molar-refractivity contribution in [2.24, 2.45) is 0 Å². The van der Waals surface area contributed by atoms with E-state index in [-0.39, 0.29) is 18.1 Å². The Labute approximate surface area is 142 Å². The number of hydrogen-bond donors (Lipinski definition) is 1. The average molecular weight is 325 g/mol. The third kappa shape index (κ3) is 4.15. The number of carbonyl (C=O) groups excluding carboxylic acids is 1. The minimum Gasteiger partial charge on any atom is -0.497 e. The van der Waals surface area contributed by atoms with Crippen molar-refractivity contribution in [2.75, 3.05) is 7.11 Å². The van der Waals surface area contributed by atoms with E-state index in [0.29, 0.717) is 5.56 Å². The van der Waals surface area contributed by atoms with Crippen LogP contribution in [0.3, 0.4) is 0 Å². The summed E-state index contributed by atoms with van der Waals surface area (Å²) in [6.45, 7) is 0.794. The second-order valence-electron chi connectivity index (χ2n) is 6.08. The van der Waals surface area contributed by atoms with E-state index < -0.39 is 0 Å². The van der Waals surface area contributed by atoms with Crippen LogP contribution in [0.2, 0.25) is 0 Å². The number of hydrogen-bond acceptors (Lipinski definition) is 4. The third-order valence-electron chi connectivity index (χ3n) is 4.45. The Morgan fingerprint density at radius 3 is 2.54 bits per heavy atom. The highest BCUT2D eigenvalue weighted by Gasteiger charge is 2.30. The lowest BCUT2D eigenvalue weighted by Crippen LogP contribution is -2.38. The first-order valence-electron chi connectivity index (χ1n) is 8.38. The monoisotopic (exact) mass is 325 g/mol. The number of carbonyl (C=O) groups is 1. The Hall–Kier alpha value is -2.33. The average Bonchev–Trinajstić information content (AvgIpc) is 3.08. The molecule has 1 N–H and O–H groups in total. The molecule has 0 bridgehead atoms. The molecule has 1 saturated carbocycles. The van der Waals surface area contributed by atoms with Crippen LogP contribution in [0, 0.1) is 0 Å². The topological polar surface area (TPSA) is 47.6 Å². The van der Waals surface area contributed by atoms with Gasteiger partial charge in [-0.3, -0.25) is 0 Å². The predicted molar refractivity (Wildman–Crippen MR) is 93.1 cm³/mol. The molecule has 1 aliphatic carbocycles. The maximum absolute atomic E-state index is 12.3. The minimum atomic E-state index is -0.268. The summed E-state index contributed by atoms with van der Waals surface area (Å²) in [5.74, 6) is 0.464. The summed E-state index contributed by atoms with van der Waals surface area (Å²) in [6.07, 6.45) is 2.96. The fourth-order valence-electron chi connectivity index (χ4n) is 3.08. The summed E-state index contributed by atoms with van der Waals surface area (Å²) in [5, 5.41) is 3.53. The lowest BCUT2D eigenvalue weighted by atomic mass is 10.1. The molecule has 0 saturated heterocycles. The van der Waals surface area contributed by atoms with Gasteiger partial charge in [-0.1, -0.05) is 30.3 Å². The zero-order chi connectivity index (χ0) is 16.8. The van der Waals surface area contributed by atoms with E-state index >= 15 is 0 Å². The molecule has 0 unspecified atom stereocenters. The van der Waals surface area contributed by atoms with Crippen molar-refractivity contribution in [1.82, 2.24) is 5.32 Å². The zero-order valence-electron chi connectivity index (χ0n) is 13.9. The van der Waals surface area contributed by atoms with Crippen LogP contribution in [0.25, 0.3) is 0 Å². The van der Waals surface area contributed by atoms with E-state index in [2.05, 4.69) is 17.4 Å². The van der Waals surface area contributed by atoms with Crippen LogP contribution < -0.4 is 10.1 Å². The quantitative estimate of drug-likeness (QED) is 0.825. The molecule has 2 atom stereocenters. The smallest absolute Gasteiger partial charge is 0.338 e. The summed E-state index contributed by atoms with van der Waals surface area (Å²) >= 11 is 0. The van der Waals surface area contributed by atoms with Crippen molar-refractivity contribution in [3.8, 4) is 5.75 Å². The molecule has 126 valence electrons. The first-order chi connectivity index (χ1) is 11.8. The number of rotatable bonds is 6. The van der Waals surface area contributed by atoms with Crippen LogP contribution in [-0.2, 0) is 11.3 Å². The van der Waals surface area contributed by atoms with Crippen LogP contribution in [0.15, 0.2) is 54.6 Å². The first-order valence-corrected chi connectivity index (χ1v) is 8.38. The lowest BCUT2D eigenvalue weighted by Gasteiger charge is -2.21. The van der Waals surface area contributed by atoms with Crippen molar-refractivity contribution < 1.29 is 14.3 Å². The summed E-state index contributed by atoms with van der Waals surface area (Å²) in [6, 6.07) is 17.5. The van der Waals surface area contributed by atoms with Gasteiger partial charge in [0.2, 0.25) is 0 Å². The first kappa shape index (κ1) is 16.5. The molecule has 24 heavy (non-hydrogen) atoms. The molecule has 4 heteroatoms. The highest BCUT2D eigenvalue weighted by molar-refractivity contribution is 5.89. The summed E-state index contributed by atoms with van der Waals surface area (Å²) in [5.41, 5.74) is 1.80. The molecule has 0 radical (unpaired) electrons. The van der Waals surface area contributed by atoms with Gasteiger partial charge in [-0.05, 0) is 49.1 Å². The molecule has 0 amide bonds. The zero-order valence-corrected chi connectivity index (χ0v) is 13.9. The Morgan fingerprint density at radius 2 is 1.83 bits per heavy atom. The van der Waals surface area contributed by atoms with Gasteiger partial charge < -0.3 is 14.8 Å². The molecule has 3 rings (SSSR count). The van der Waals surface area contributed by atoms with Crippen LogP contribution in [0.4, 0.5) is 0 Å². The Balaban J connectivity index is 1.55. The van der Waals surface area contributed by atoms with Gasteiger partial charge in [0.05, 0.1) is 12.7 Å². The Kier molecular flexibility index (Phi) is 5.49. The van der Waals surface area contributed by atoms with Gasteiger partial charge in [-0.2, -0.15) is 0 Å². The normalized spacial score (nSPS) is 19.9. The molecule has 2 aromatic carbocycles. The van der Waals surface area contributed by atoms with Crippen molar-refractivity contribution >= 4 is 5.97 Å². The highest BCUT2D eigenvalue weighted by atomic mass is 16.5. The van der Waals surface area contributed by atoms with Crippen molar-refractivity contribution in [3.63, 3.8) is 0 Å². The summed E-state index contributed by atoms with van der Waals surface area (Å²) < 4.78 is 10.8. The van der Waals surface area contributed by atoms with Gasteiger partial charge in [-0.25, -0.2) is 4.79 Å². The minimum absolute atomic E-state index is 0.0664. The predicted octanol–water partition coefficient (Wildman–Crippen LogP) is 3.56. The van der Waals surface area contributed by atoms with Crippen LogP contribution in [-0.4, -0.2) is 25.2 Å². The number of nitrogens with one attached hydrogen (secondary N) is 1. The summed E-state index contributed by atoms with van der Waals surface area (Å²) in [7, 11) is 1.61. The number of methoxy groups -OCH3 is 1. The number of esters is 1. The van der Waals surface area contributed by atoms with Gasteiger partial charge in [-0.15, -0.1) is 0 Å². The van der Waals surface area contributed by atoms with Crippen LogP contribution in [0.1, 0.15) is 35.2 Å². The van der Waals surface area contributed by atoms with E-state index in [1.165, 1.54) is 5.56 Å². The van der Waals surface area contributed by atoms with Gasteiger partial charge in [0.25, 0.3) is 0 Å². The maximum Gasteiger partial charge on any atom is 0.338 e. The van der Waals surface area contributed by atoms with Crippen LogP contribution in [0.5, 0.6) is 5.75 Å². The Bertz CT molecular complexity index is 654. The van der Waals surface area contributed by atoms with Crippen molar-refractivity contribution in [2.45, 2.75) is 38.0 Å². The van der Waals surface area contributed by atoms with E-state index in [0.717, 1.165) is 31.6 Å². The molecular weight excluding hydrogens is 302 g/mol. The fraction of sp³-hybridized carbons (Fsp3) is 0.350. The number of benzene rings is 2. The van der Waals surface area contributed by atoms with Crippen LogP contribution >= 0.6 is 0 Å². The molecule has 0 aliphatic heterocycles. The molecule has 0 aromatic heterocycles. The Morgan fingerprint density at radius 1 is 1.08 bits per heavy atom. The molecular formula is C20H23NO3.